The molecule has 0 unspecified atom stereocenters. The molecule has 1 fully saturated rings. The van der Waals surface area contributed by atoms with Crippen molar-refractivity contribution in [2.24, 2.45) is 0 Å². The van der Waals surface area contributed by atoms with Gasteiger partial charge in [-0.25, -0.2) is 4.98 Å². The van der Waals surface area contributed by atoms with Crippen LogP contribution in [0, 0.1) is 0 Å². The second kappa shape index (κ2) is 7.00. The number of carbonyl (C=O) groups excluding carboxylic acids is 1. The first kappa shape index (κ1) is 16.3. The molecular weight excluding hydrogens is 328 g/mol. The summed E-state index contributed by atoms with van der Waals surface area (Å²) in [6.45, 7) is 2.13. The highest BCUT2D eigenvalue weighted by Gasteiger charge is 2.13. The number of benzene rings is 2. The van der Waals surface area contributed by atoms with Gasteiger partial charge in [0.1, 0.15) is 6.54 Å². The second-order valence-electron chi connectivity index (χ2n) is 6.46. The van der Waals surface area contributed by atoms with Crippen molar-refractivity contribution in [3.8, 4) is 0 Å². The predicted octanol–water partition coefficient (Wildman–Crippen LogP) is 2.64. The minimum atomic E-state index is -0.289. The van der Waals surface area contributed by atoms with Crippen LogP contribution in [0.5, 0.6) is 0 Å². The van der Waals surface area contributed by atoms with Crippen LogP contribution in [0.1, 0.15) is 12.8 Å². The summed E-state index contributed by atoms with van der Waals surface area (Å²) in [4.78, 5) is 31.0. The predicted molar refractivity (Wildman–Crippen MR) is 103 cm³/mol. The van der Waals surface area contributed by atoms with Gasteiger partial charge in [0.15, 0.2) is 0 Å². The molecule has 6 nitrogen and oxygen atoms in total. The zero-order chi connectivity index (χ0) is 17.9. The molecule has 26 heavy (non-hydrogen) atoms. The number of hydrogen-bond donors (Lipinski definition) is 1. The molecule has 0 aliphatic carbocycles. The van der Waals surface area contributed by atoms with Gasteiger partial charge in [-0.2, -0.15) is 0 Å². The first-order chi connectivity index (χ1) is 12.7. The van der Waals surface area contributed by atoms with E-state index >= 15 is 0 Å². The summed E-state index contributed by atoms with van der Waals surface area (Å²) < 4.78 is 1.44. The monoisotopic (exact) mass is 348 g/mol. The van der Waals surface area contributed by atoms with Gasteiger partial charge >= 0.3 is 0 Å². The van der Waals surface area contributed by atoms with Gasteiger partial charge in [0.2, 0.25) is 5.91 Å². The molecule has 1 N–H and O–H groups in total. The standard InChI is InChI=1S/C20H20N4O2/c25-19(14-24-18-6-2-1-5-17(18)21-13-20(24)26)22-15-7-9-16(10-8-15)23-11-3-4-12-23/h1-2,5-10,13H,3-4,11-12,14H2,(H,22,25). The quantitative estimate of drug-likeness (QED) is 0.787. The fraction of sp³-hybridized carbons (Fsp3) is 0.250. The first-order valence-electron chi connectivity index (χ1n) is 8.80. The van der Waals surface area contributed by atoms with Crippen molar-refractivity contribution in [2.45, 2.75) is 19.4 Å². The van der Waals surface area contributed by atoms with Gasteiger partial charge in [-0.3, -0.25) is 14.2 Å². The van der Waals surface area contributed by atoms with Crippen molar-refractivity contribution < 1.29 is 4.79 Å². The molecule has 1 aliphatic rings. The van der Waals surface area contributed by atoms with E-state index in [1.54, 1.807) is 6.07 Å². The van der Waals surface area contributed by atoms with Crippen LogP contribution in [-0.4, -0.2) is 28.5 Å². The Morgan fingerprint density at radius 1 is 1.04 bits per heavy atom. The van der Waals surface area contributed by atoms with Gasteiger partial charge in [-0.1, -0.05) is 12.1 Å². The van der Waals surface area contributed by atoms with Gasteiger partial charge in [-0.05, 0) is 49.2 Å². The SMILES string of the molecule is O=C(Cn1c(=O)cnc2ccccc21)Nc1ccc(N2CCCC2)cc1. The van der Waals surface area contributed by atoms with Crippen LogP contribution in [0.2, 0.25) is 0 Å². The molecule has 1 amide bonds. The summed E-state index contributed by atoms with van der Waals surface area (Å²) in [5.74, 6) is -0.239. The molecule has 1 aliphatic heterocycles. The summed E-state index contributed by atoms with van der Waals surface area (Å²) in [5, 5.41) is 2.86. The average molecular weight is 348 g/mol. The fourth-order valence-electron chi connectivity index (χ4n) is 3.35. The highest BCUT2D eigenvalue weighted by atomic mass is 16.2. The zero-order valence-electron chi connectivity index (χ0n) is 14.4. The van der Waals surface area contributed by atoms with Crippen molar-refractivity contribution in [2.75, 3.05) is 23.3 Å². The molecule has 2 heterocycles. The van der Waals surface area contributed by atoms with E-state index in [9.17, 15) is 9.59 Å². The van der Waals surface area contributed by atoms with E-state index in [-0.39, 0.29) is 18.0 Å². The van der Waals surface area contributed by atoms with E-state index in [2.05, 4.69) is 15.2 Å². The third kappa shape index (κ3) is 3.31. The minimum Gasteiger partial charge on any atom is -0.372 e. The molecule has 6 heteroatoms. The molecule has 1 aromatic heterocycles. The number of rotatable bonds is 4. The smallest absolute Gasteiger partial charge is 0.269 e. The Hall–Kier alpha value is -3.15. The van der Waals surface area contributed by atoms with Crippen LogP contribution in [-0.2, 0) is 11.3 Å². The number of nitrogens with zero attached hydrogens (tertiary/aromatic N) is 3. The number of aromatic nitrogens is 2. The summed E-state index contributed by atoms with van der Waals surface area (Å²) in [6.07, 6.45) is 3.71. The normalized spacial score (nSPS) is 13.9. The Kier molecular flexibility index (Phi) is 4.39. The Morgan fingerprint density at radius 2 is 1.77 bits per heavy atom. The summed E-state index contributed by atoms with van der Waals surface area (Å²) in [5.41, 5.74) is 2.96. The van der Waals surface area contributed by atoms with Crippen molar-refractivity contribution in [3.05, 3.63) is 65.1 Å². The maximum absolute atomic E-state index is 12.4. The molecule has 2 aromatic carbocycles. The van der Waals surface area contributed by atoms with Crippen LogP contribution in [0.4, 0.5) is 11.4 Å². The van der Waals surface area contributed by atoms with E-state index < -0.39 is 0 Å². The van der Waals surface area contributed by atoms with Gasteiger partial charge in [0, 0.05) is 24.5 Å². The minimum absolute atomic E-state index is 0.0459. The van der Waals surface area contributed by atoms with Gasteiger partial charge < -0.3 is 10.2 Å². The Morgan fingerprint density at radius 3 is 2.54 bits per heavy atom. The summed E-state index contributed by atoms with van der Waals surface area (Å²) in [6, 6.07) is 15.1. The lowest BCUT2D eigenvalue weighted by Crippen LogP contribution is -2.28. The first-order valence-corrected chi connectivity index (χ1v) is 8.80. The maximum Gasteiger partial charge on any atom is 0.269 e. The second-order valence-corrected chi connectivity index (χ2v) is 6.46. The van der Waals surface area contributed by atoms with Gasteiger partial charge in [-0.15, -0.1) is 0 Å². The zero-order valence-corrected chi connectivity index (χ0v) is 14.4. The lowest BCUT2D eigenvalue weighted by atomic mass is 10.2. The Balaban J connectivity index is 1.49. The van der Waals surface area contributed by atoms with Crippen LogP contribution in [0.25, 0.3) is 11.0 Å². The number of fused-ring (bicyclic) bond motifs is 1. The van der Waals surface area contributed by atoms with Crippen LogP contribution in [0.3, 0.4) is 0 Å². The number of nitrogens with one attached hydrogen (secondary N) is 1. The maximum atomic E-state index is 12.4. The lowest BCUT2D eigenvalue weighted by molar-refractivity contribution is -0.116. The van der Waals surface area contributed by atoms with E-state index in [1.807, 2.05) is 42.5 Å². The van der Waals surface area contributed by atoms with Crippen molar-refractivity contribution in [3.63, 3.8) is 0 Å². The number of carbonyl (C=O) groups is 1. The van der Waals surface area contributed by atoms with E-state index in [0.717, 1.165) is 18.8 Å². The highest BCUT2D eigenvalue weighted by Crippen LogP contribution is 2.22. The molecular formula is C20H20N4O2. The lowest BCUT2D eigenvalue weighted by Gasteiger charge is -2.18. The van der Waals surface area contributed by atoms with Crippen LogP contribution < -0.4 is 15.8 Å². The molecule has 0 atom stereocenters. The largest absolute Gasteiger partial charge is 0.372 e. The van der Waals surface area contributed by atoms with Crippen molar-refractivity contribution >= 4 is 28.3 Å². The fourth-order valence-corrected chi connectivity index (χ4v) is 3.35. The highest BCUT2D eigenvalue weighted by molar-refractivity contribution is 5.91. The summed E-state index contributed by atoms with van der Waals surface area (Å²) in [7, 11) is 0. The summed E-state index contributed by atoms with van der Waals surface area (Å²) >= 11 is 0. The van der Waals surface area contributed by atoms with Crippen molar-refractivity contribution in [1.82, 2.24) is 9.55 Å². The molecule has 0 spiro atoms. The number of para-hydroxylation sites is 2. The number of anilines is 2. The average Bonchev–Trinajstić information content (AvgIpc) is 3.19. The van der Waals surface area contributed by atoms with E-state index in [4.69, 9.17) is 0 Å². The molecule has 0 saturated carbocycles. The molecule has 1 saturated heterocycles. The Bertz CT molecular complexity index is 989. The molecule has 132 valence electrons. The van der Waals surface area contributed by atoms with Gasteiger partial charge in [0.05, 0.1) is 17.2 Å². The topological polar surface area (TPSA) is 67.2 Å². The third-order valence-electron chi connectivity index (χ3n) is 4.68. The molecule has 3 aromatic rings. The molecule has 0 radical (unpaired) electrons. The van der Waals surface area contributed by atoms with Crippen LogP contribution in [0.15, 0.2) is 59.5 Å². The molecule has 0 bridgehead atoms. The number of amides is 1. The Labute approximate surface area is 151 Å². The third-order valence-corrected chi connectivity index (χ3v) is 4.68. The van der Waals surface area contributed by atoms with Crippen molar-refractivity contribution in [1.29, 1.82) is 0 Å². The number of hydrogen-bond acceptors (Lipinski definition) is 4. The molecule has 4 rings (SSSR count). The van der Waals surface area contributed by atoms with Gasteiger partial charge in [0.25, 0.3) is 5.56 Å². The van der Waals surface area contributed by atoms with E-state index in [0.29, 0.717) is 11.0 Å². The van der Waals surface area contributed by atoms with E-state index in [1.165, 1.54) is 29.3 Å². The van der Waals surface area contributed by atoms with Crippen LogP contribution >= 0.6 is 0 Å².